The zero-order valence-corrected chi connectivity index (χ0v) is 6.96. The van der Waals surface area contributed by atoms with Crippen LogP contribution in [0.15, 0.2) is 24.3 Å². The lowest BCUT2D eigenvalue weighted by Crippen LogP contribution is -1.97. The summed E-state index contributed by atoms with van der Waals surface area (Å²) < 4.78 is 12.5. The van der Waals surface area contributed by atoms with E-state index in [2.05, 4.69) is 0 Å². The number of carbonyl (C=O) groups excluding carboxylic acids is 1. The first-order valence-corrected chi connectivity index (χ1v) is 3.98. The van der Waals surface area contributed by atoms with Crippen molar-refractivity contribution in [2.45, 2.75) is 19.3 Å². The molecule has 0 aliphatic carbocycles. The second-order valence-electron chi connectivity index (χ2n) is 2.70. The van der Waals surface area contributed by atoms with Gasteiger partial charge in [0.05, 0.1) is 0 Å². The van der Waals surface area contributed by atoms with Crippen LogP contribution in [0.2, 0.25) is 0 Å². The predicted molar refractivity (Wildman–Crippen MR) is 45.5 cm³/mol. The molecule has 0 unspecified atom stereocenters. The molecule has 2 heteroatoms. The molecule has 1 aromatic rings. The molecule has 0 radical (unpaired) electrons. The molecule has 0 fully saturated rings. The summed E-state index contributed by atoms with van der Waals surface area (Å²) in [5.41, 5.74) is 0.883. The average molecular weight is 166 g/mol. The van der Waals surface area contributed by atoms with Crippen LogP contribution in [0.3, 0.4) is 0 Å². The van der Waals surface area contributed by atoms with Crippen molar-refractivity contribution in [3.8, 4) is 0 Å². The lowest BCUT2D eigenvalue weighted by molar-refractivity contribution is -0.109. The minimum atomic E-state index is -0.264. The first kappa shape index (κ1) is 8.91. The van der Waals surface area contributed by atoms with Crippen molar-refractivity contribution in [1.82, 2.24) is 0 Å². The van der Waals surface area contributed by atoms with Crippen molar-refractivity contribution in [1.29, 1.82) is 0 Å². The van der Waals surface area contributed by atoms with E-state index in [0.29, 0.717) is 0 Å². The van der Waals surface area contributed by atoms with Gasteiger partial charge < -0.3 is 4.79 Å². The Bertz CT molecular complexity index is 253. The van der Waals surface area contributed by atoms with E-state index in [1.165, 1.54) is 12.1 Å². The van der Waals surface area contributed by atoms with Crippen LogP contribution in [0.1, 0.15) is 24.8 Å². The molecule has 0 amide bonds. The van der Waals surface area contributed by atoms with Gasteiger partial charge in [-0.2, -0.15) is 0 Å². The number of hydrogen-bond donors (Lipinski definition) is 0. The molecule has 1 nitrogen and oxygen atoms in total. The molecule has 1 aromatic carbocycles. The van der Waals surface area contributed by atoms with Crippen molar-refractivity contribution in [3.63, 3.8) is 0 Å². The van der Waals surface area contributed by atoms with Crippen molar-refractivity contribution in [2.24, 2.45) is 0 Å². The minimum absolute atomic E-state index is 0.0920. The average Bonchev–Trinajstić information content (AvgIpc) is 2.10. The van der Waals surface area contributed by atoms with Gasteiger partial charge in [-0.1, -0.05) is 19.1 Å². The van der Waals surface area contributed by atoms with Gasteiger partial charge in [-0.3, -0.25) is 0 Å². The monoisotopic (exact) mass is 166 g/mol. The van der Waals surface area contributed by atoms with Gasteiger partial charge in [-0.25, -0.2) is 4.39 Å². The van der Waals surface area contributed by atoms with Crippen LogP contribution in [0.4, 0.5) is 4.39 Å². The van der Waals surface area contributed by atoms with E-state index in [1.54, 1.807) is 12.1 Å². The molecular formula is C10H11FO. The number of rotatable bonds is 3. The summed E-state index contributed by atoms with van der Waals surface area (Å²) >= 11 is 0. The van der Waals surface area contributed by atoms with Gasteiger partial charge in [0.1, 0.15) is 12.1 Å². The summed E-state index contributed by atoms with van der Waals surface area (Å²) in [5.74, 6) is -0.356. The van der Waals surface area contributed by atoms with Crippen LogP contribution in [0.5, 0.6) is 0 Å². The van der Waals surface area contributed by atoms with Crippen molar-refractivity contribution < 1.29 is 9.18 Å². The van der Waals surface area contributed by atoms with Gasteiger partial charge in [-0.15, -0.1) is 0 Å². The van der Waals surface area contributed by atoms with E-state index >= 15 is 0 Å². The Balaban J connectivity index is 2.87. The summed E-state index contributed by atoms with van der Waals surface area (Å²) in [4.78, 5) is 10.5. The molecule has 1 atom stereocenters. The zero-order chi connectivity index (χ0) is 8.97. The fourth-order valence-electron chi connectivity index (χ4n) is 1.12. The molecule has 1 rings (SSSR count). The third-order valence-corrected chi connectivity index (χ3v) is 1.90. The Morgan fingerprint density at radius 1 is 1.42 bits per heavy atom. The molecule has 0 aliphatic rings. The Morgan fingerprint density at radius 3 is 2.42 bits per heavy atom. The van der Waals surface area contributed by atoms with E-state index < -0.39 is 0 Å². The number of hydrogen-bond acceptors (Lipinski definition) is 1. The maximum absolute atomic E-state index is 12.5. The van der Waals surface area contributed by atoms with Crippen LogP contribution < -0.4 is 0 Å². The van der Waals surface area contributed by atoms with Crippen molar-refractivity contribution in [3.05, 3.63) is 35.6 Å². The molecule has 0 spiro atoms. The normalized spacial score (nSPS) is 12.5. The Kier molecular flexibility index (Phi) is 2.97. The highest BCUT2D eigenvalue weighted by molar-refractivity contribution is 5.61. The topological polar surface area (TPSA) is 17.1 Å². The largest absolute Gasteiger partial charge is 0.303 e. The fraction of sp³-hybridized carbons (Fsp3) is 0.300. The highest BCUT2D eigenvalue weighted by atomic mass is 19.1. The molecule has 0 aliphatic heterocycles. The second kappa shape index (κ2) is 4.00. The van der Waals surface area contributed by atoms with E-state index in [1.807, 2.05) is 6.92 Å². The quantitative estimate of drug-likeness (QED) is 0.630. The third kappa shape index (κ3) is 1.91. The first-order chi connectivity index (χ1) is 5.77. The summed E-state index contributed by atoms with van der Waals surface area (Å²) in [6.07, 6.45) is 1.66. The Hall–Kier alpha value is -1.18. The van der Waals surface area contributed by atoms with Gasteiger partial charge in [0.2, 0.25) is 0 Å². The van der Waals surface area contributed by atoms with E-state index in [4.69, 9.17) is 0 Å². The molecule has 0 aromatic heterocycles. The van der Waals surface area contributed by atoms with Crippen LogP contribution in [0, 0.1) is 5.82 Å². The lowest BCUT2D eigenvalue weighted by Gasteiger charge is -2.06. The van der Waals surface area contributed by atoms with Gasteiger partial charge in [0.25, 0.3) is 0 Å². The van der Waals surface area contributed by atoms with Crippen LogP contribution in [0.25, 0.3) is 0 Å². The highest BCUT2D eigenvalue weighted by Gasteiger charge is 2.06. The van der Waals surface area contributed by atoms with Crippen LogP contribution >= 0.6 is 0 Å². The summed E-state index contributed by atoms with van der Waals surface area (Å²) in [6, 6.07) is 6.05. The minimum Gasteiger partial charge on any atom is -0.303 e. The Morgan fingerprint density at radius 2 is 2.00 bits per heavy atom. The molecule has 12 heavy (non-hydrogen) atoms. The lowest BCUT2D eigenvalue weighted by atomic mass is 9.98. The molecule has 0 saturated carbocycles. The summed E-state index contributed by atoms with van der Waals surface area (Å²) in [5, 5.41) is 0. The number of halogens is 1. The van der Waals surface area contributed by atoms with Gasteiger partial charge in [0, 0.05) is 5.92 Å². The van der Waals surface area contributed by atoms with E-state index in [9.17, 15) is 9.18 Å². The smallest absolute Gasteiger partial charge is 0.127 e. The molecule has 0 N–H and O–H groups in total. The fourth-order valence-corrected chi connectivity index (χ4v) is 1.12. The second-order valence-corrected chi connectivity index (χ2v) is 2.70. The van der Waals surface area contributed by atoms with Crippen molar-refractivity contribution in [2.75, 3.05) is 0 Å². The maximum Gasteiger partial charge on any atom is 0.127 e. The molecular weight excluding hydrogens is 155 g/mol. The first-order valence-electron chi connectivity index (χ1n) is 3.98. The number of aldehydes is 1. The zero-order valence-electron chi connectivity index (χ0n) is 6.96. The van der Waals surface area contributed by atoms with Crippen LogP contribution in [-0.4, -0.2) is 6.29 Å². The van der Waals surface area contributed by atoms with Crippen LogP contribution in [-0.2, 0) is 4.79 Å². The summed E-state index contributed by atoms with van der Waals surface area (Å²) in [7, 11) is 0. The number of benzene rings is 1. The predicted octanol–water partition coefficient (Wildman–Crippen LogP) is 2.52. The van der Waals surface area contributed by atoms with Crippen molar-refractivity contribution >= 4 is 6.29 Å². The highest BCUT2D eigenvalue weighted by Crippen LogP contribution is 2.16. The Labute approximate surface area is 71.2 Å². The van der Waals surface area contributed by atoms with E-state index in [0.717, 1.165) is 18.3 Å². The molecule has 64 valence electrons. The number of carbonyl (C=O) groups is 1. The molecule has 0 heterocycles. The molecule has 0 bridgehead atoms. The van der Waals surface area contributed by atoms with Gasteiger partial charge >= 0.3 is 0 Å². The SMILES string of the molecule is CC[C@H](C=O)c1ccc(F)cc1. The van der Waals surface area contributed by atoms with Gasteiger partial charge in [-0.05, 0) is 24.1 Å². The summed E-state index contributed by atoms with van der Waals surface area (Å²) in [6.45, 7) is 1.93. The maximum atomic E-state index is 12.5. The standard InChI is InChI=1S/C10H11FO/c1-2-8(7-12)9-3-5-10(11)6-4-9/h3-8H,2H2,1H3/t8-/m1/s1. The van der Waals surface area contributed by atoms with E-state index in [-0.39, 0.29) is 11.7 Å². The third-order valence-electron chi connectivity index (χ3n) is 1.90. The van der Waals surface area contributed by atoms with Gasteiger partial charge in [0.15, 0.2) is 0 Å². The molecule has 0 saturated heterocycles.